The monoisotopic (exact) mass is 334 g/mol. The number of carbonyl (C=O) groups is 1. The first-order valence-corrected chi connectivity index (χ1v) is 8.32. The summed E-state index contributed by atoms with van der Waals surface area (Å²) in [4.78, 5) is 16.4. The predicted octanol–water partition coefficient (Wildman–Crippen LogP) is 5.17. The molecule has 4 heteroatoms. The Bertz CT molecular complexity index is 883. The largest absolute Gasteiger partial charge is 0.444 e. The highest BCUT2D eigenvalue weighted by Crippen LogP contribution is 2.21. The minimum atomic E-state index is -0.522. The molecule has 25 heavy (non-hydrogen) atoms. The normalized spacial score (nSPS) is 11.3. The fourth-order valence-corrected chi connectivity index (χ4v) is 2.60. The van der Waals surface area contributed by atoms with Crippen LogP contribution in [0.4, 0.5) is 10.5 Å². The molecule has 0 aliphatic carbocycles. The Kier molecular flexibility index (Phi) is 4.70. The molecule has 0 spiro atoms. The van der Waals surface area contributed by atoms with Crippen molar-refractivity contribution in [2.75, 3.05) is 5.32 Å². The molecule has 1 N–H and O–H groups in total. The standard InChI is InChI=1S/C21H22N2O2/c1-21(2,3)25-20(24)23-18-9-10-19-17(13-18)12-16(14-22-19)11-15-7-5-4-6-8-15/h4-10,12-14H,11H2,1-3H3,(H,23,24). The second-order valence-electron chi connectivity index (χ2n) is 7.04. The van der Waals surface area contributed by atoms with E-state index >= 15 is 0 Å². The van der Waals surface area contributed by atoms with Gasteiger partial charge in [-0.3, -0.25) is 10.3 Å². The topological polar surface area (TPSA) is 51.2 Å². The van der Waals surface area contributed by atoms with Gasteiger partial charge in [0.1, 0.15) is 5.60 Å². The van der Waals surface area contributed by atoms with Gasteiger partial charge in [-0.2, -0.15) is 0 Å². The molecule has 0 saturated heterocycles. The molecule has 0 bridgehead atoms. The Balaban J connectivity index is 1.80. The lowest BCUT2D eigenvalue weighted by molar-refractivity contribution is 0.0636. The van der Waals surface area contributed by atoms with Crippen LogP contribution in [0.3, 0.4) is 0 Å². The van der Waals surface area contributed by atoms with Crippen LogP contribution in [0.1, 0.15) is 31.9 Å². The van der Waals surface area contributed by atoms with E-state index in [1.807, 2.05) is 63.4 Å². The molecule has 0 unspecified atom stereocenters. The fraction of sp³-hybridized carbons (Fsp3) is 0.238. The van der Waals surface area contributed by atoms with Gasteiger partial charge in [-0.1, -0.05) is 30.3 Å². The summed E-state index contributed by atoms with van der Waals surface area (Å²) in [5.41, 5.74) is 3.44. The first-order valence-electron chi connectivity index (χ1n) is 8.32. The van der Waals surface area contributed by atoms with Crippen molar-refractivity contribution in [3.05, 3.63) is 71.9 Å². The maximum absolute atomic E-state index is 11.9. The smallest absolute Gasteiger partial charge is 0.412 e. The molecule has 0 aliphatic heterocycles. The highest BCUT2D eigenvalue weighted by molar-refractivity contribution is 5.90. The van der Waals surface area contributed by atoms with Crippen molar-refractivity contribution in [1.82, 2.24) is 4.98 Å². The molecule has 1 amide bonds. The Labute approximate surface area is 147 Å². The third-order valence-electron chi connectivity index (χ3n) is 3.63. The molecule has 0 aliphatic rings. The van der Waals surface area contributed by atoms with Crippen molar-refractivity contribution in [3.8, 4) is 0 Å². The van der Waals surface area contributed by atoms with E-state index in [0.29, 0.717) is 5.69 Å². The van der Waals surface area contributed by atoms with E-state index in [9.17, 15) is 4.79 Å². The van der Waals surface area contributed by atoms with Gasteiger partial charge in [-0.25, -0.2) is 4.79 Å². The maximum atomic E-state index is 11.9. The van der Waals surface area contributed by atoms with Crippen LogP contribution in [0.25, 0.3) is 10.9 Å². The lowest BCUT2D eigenvalue weighted by atomic mass is 10.0. The van der Waals surface area contributed by atoms with Crippen molar-refractivity contribution in [1.29, 1.82) is 0 Å². The molecule has 1 heterocycles. The van der Waals surface area contributed by atoms with Crippen LogP contribution < -0.4 is 5.32 Å². The highest BCUT2D eigenvalue weighted by Gasteiger charge is 2.16. The molecule has 3 aromatic rings. The number of benzene rings is 2. The number of ether oxygens (including phenoxy) is 1. The number of aromatic nitrogens is 1. The van der Waals surface area contributed by atoms with Gasteiger partial charge in [0, 0.05) is 17.3 Å². The molecule has 0 atom stereocenters. The average molecular weight is 334 g/mol. The summed E-state index contributed by atoms with van der Waals surface area (Å²) >= 11 is 0. The molecule has 0 radical (unpaired) electrons. The molecule has 0 fully saturated rings. The van der Waals surface area contributed by atoms with Crippen molar-refractivity contribution in [2.45, 2.75) is 32.8 Å². The van der Waals surface area contributed by atoms with Gasteiger partial charge in [0.05, 0.1) is 5.52 Å². The number of nitrogens with one attached hydrogen (secondary N) is 1. The molecule has 2 aromatic carbocycles. The number of carbonyl (C=O) groups excluding carboxylic acids is 1. The second kappa shape index (κ2) is 6.93. The zero-order chi connectivity index (χ0) is 17.9. The predicted molar refractivity (Wildman–Crippen MR) is 101 cm³/mol. The zero-order valence-corrected chi connectivity index (χ0v) is 14.7. The fourth-order valence-electron chi connectivity index (χ4n) is 2.60. The molecule has 128 valence electrons. The minimum absolute atomic E-state index is 0.458. The van der Waals surface area contributed by atoms with E-state index in [1.54, 1.807) is 0 Å². The van der Waals surface area contributed by atoms with E-state index in [1.165, 1.54) is 5.56 Å². The first kappa shape index (κ1) is 17.0. The Morgan fingerprint density at radius 2 is 1.80 bits per heavy atom. The molecule has 4 nitrogen and oxygen atoms in total. The third-order valence-corrected chi connectivity index (χ3v) is 3.63. The van der Waals surface area contributed by atoms with Crippen molar-refractivity contribution < 1.29 is 9.53 Å². The van der Waals surface area contributed by atoms with Crippen LogP contribution >= 0.6 is 0 Å². The Morgan fingerprint density at radius 1 is 1.04 bits per heavy atom. The van der Waals surface area contributed by atoms with E-state index in [2.05, 4.69) is 28.5 Å². The Hall–Kier alpha value is -2.88. The van der Waals surface area contributed by atoms with Crippen LogP contribution in [0, 0.1) is 0 Å². The van der Waals surface area contributed by atoms with Gasteiger partial charge in [-0.15, -0.1) is 0 Å². The summed E-state index contributed by atoms with van der Waals surface area (Å²) in [6, 6.07) is 18.0. The first-order chi connectivity index (χ1) is 11.9. The van der Waals surface area contributed by atoms with Crippen LogP contribution in [0.2, 0.25) is 0 Å². The van der Waals surface area contributed by atoms with Crippen LogP contribution in [0.15, 0.2) is 60.8 Å². The van der Waals surface area contributed by atoms with Gasteiger partial charge in [0.2, 0.25) is 0 Å². The molecule has 3 rings (SSSR count). The average Bonchev–Trinajstić information content (AvgIpc) is 2.53. The zero-order valence-electron chi connectivity index (χ0n) is 14.7. The molecular weight excluding hydrogens is 312 g/mol. The lowest BCUT2D eigenvalue weighted by Gasteiger charge is -2.19. The van der Waals surface area contributed by atoms with E-state index in [4.69, 9.17) is 4.74 Å². The van der Waals surface area contributed by atoms with E-state index < -0.39 is 11.7 Å². The van der Waals surface area contributed by atoms with Crippen molar-refractivity contribution >= 4 is 22.7 Å². The number of nitrogens with zero attached hydrogens (tertiary/aromatic N) is 1. The third kappa shape index (κ3) is 4.80. The number of fused-ring (bicyclic) bond motifs is 1. The van der Waals surface area contributed by atoms with E-state index in [-0.39, 0.29) is 0 Å². The summed E-state index contributed by atoms with van der Waals surface area (Å²) in [5.74, 6) is 0. The van der Waals surface area contributed by atoms with Gasteiger partial charge in [0.15, 0.2) is 0 Å². The van der Waals surface area contributed by atoms with Gasteiger partial charge in [-0.05, 0) is 62.6 Å². The molecule has 1 aromatic heterocycles. The number of hydrogen-bond donors (Lipinski definition) is 1. The number of hydrogen-bond acceptors (Lipinski definition) is 3. The number of anilines is 1. The summed E-state index contributed by atoms with van der Waals surface area (Å²) in [6.07, 6.45) is 2.27. The maximum Gasteiger partial charge on any atom is 0.412 e. The number of rotatable bonds is 3. The molecular formula is C21H22N2O2. The Morgan fingerprint density at radius 3 is 2.52 bits per heavy atom. The van der Waals surface area contributed by atoms with Gasteiger partial charge < -0.3 is 4.74 Å². The lowest BCUT2D eigenvalue weighted by Crippen LogP contribution is -2.27. The quantitative estimate of drug-likeness (QED) is 0.718. The number of pyridine rings is 1. The van der Waals surface area contributed by atoms with Crippen LogP contribution in [-0.4, -0.2) is 16.7 Å². The summed E-state index contributed by atoms with van der Waals surface area (Å²) in [6.45, 7) is 5.52. The minimum Gasteiger partial charge on any atom is -0.444 e. The second-order valence-corrected chi connectivity index (χ2v) is 7.04. The summed E-state index contributed by atoms with van der Waals surface area (Å²) in [7, 11) is 0. The summed E-state index contributed by atoms with van der Waals surface area (Å²) in [5, 5.41) is 3.76. The molecule has 0 saturated carbocycles. The van der Waals surface area contributed by atoms with Crippen LogP contribution in [0.5, 0.6) is 0 Å². The van der Waals surface area contributed by atoms with Crippen molar-refractivity contribution in [2.24, 2.45) is 0 Å². The van der Waals surface area contributed by atoms with Crippen LogP contribution in [-0.2, 0) is 11.2 Å². The SMILES string of the molecule is CC(C)(C)OC(=O)Nc1ccc2ncc(Cc3ccccc3)cc2c1. The number of amides is 1. The highest BCUT2D eigenvalue weighted by atomic mass is 16.6. The van der Waals surface area contributed by atoms with Gasteiger partial charge in [0.25, 0.3) is 0 Å². The van der Waals surface area contributed by atoms with Gasteiger partial charge >= 0.3 is 6.09 Å². The van der Waals surface area contributed by atoms with Crippen molar-refractivity contribution in [3.63, 3.8) is 0 Å². The summed E-state index contributed by atoms with van der Waals surface area (Å²) < 4.78 is 5.29. The van der Waals surface area contributed by atoms with E-state index in [0.717, 1.165) is 22.9 Å².